The summed E-state index contributed by atoms with van der Waals surface area (Å²) in [7, 11) is 0. The number of nitrogens with zero attached hydrogens (tertiary/aromatic N) is 3. The fourth-order valence-corrected chi connectivity index (χ4v) is 4.26. The third-order valence-electron chi connectivity index (χ3n) is 5.77. The Hall–Kier alpha value is -2.96. The van der Waals surface area contributed by atoms with Gasteiger partial charge in [-0.3, -0.25) is 9.69 Å². The number of carbonyl (C=O) groups is 1. The molecular weight excluding hydrogens is 366 g/mol. The zero-order valence-corrected chi connectivity index (χ0v) is 16.1. The molecule has 0 N–H and O–H groups in total. The van der Waals surface area contributed by atoms with Crippen LogP contribution in [0.2, 0.25) is 0 Å². The predicted molar refractivity (Wildman–Crippen MR) is 108 cm³/mol. The van der Waals surface area contributed by atoms with Crippen molar-refractivity contribution in [3.8, 4) is 11.3 Å². The summed E-state index contributed by atoms with van der Waals surface area (Å²) in [6.45, 7) is 3.46. The predicted octanol–water partition coefficient (Wildman–Crippen LogP) is 3.24. The highest BCUT2D eigenvalue weighted by Crippen LogP contribution is 2.30. The van der Waals surface area contributed by atoms with E-state index in [1.165, 1.54) is 5.56 Å². The molecule has 0 bridgehead atoms. The van der Waals surface area contributed by atoms with Crippen LogP contribution in [0.4, 0.5) is 0 Å². The van der Waals surface area contributed by atoms with Gasteiger partial charge in [0, 0.05) is 31.3 Å². The van der Waals surface area contributed by atoms with E-state index in [-0.39, 0.29) is 18.0 Å². The number of morpholine rings is 1. The SMILES string of the molecule is O=C(c1cc(-c2ccccc2)on1)N1CCN2[C@@H](COC[C@@H]2c2ccccc2)C1. The summed E-state index contributed by atoms with van der Waals surface area (Å²) < 4.78 is 11.3. The first-order valence-corrected chi connectivity index (χ1v) is 9.99. The number of hydrogen-bond donors (Lipinski definition) is 0. The zero-order valence-electron chi connectivity index (χ0n) is 16.1. The summed E-state index contributed by atoms with van der Waals surface area (Å²) in [5, 5.41) is 4.02. The van der Waals surface area contributed by atoms with Crippen molar-refractivity contribution < 1.29 is 14.1 Å². The van der Waals surface area contributed by atoms with Crippen molar-refractivity contribution in [2.45, 2.75) is 12.1 Å². The summed E-state index contributed by atoms with van der Waals surface area (Å²) in [5.74, 6) is 0.523. The molecule has 29 heavy (non-hydrogen) atoms. The minimum Gasteiger partial charge on any atom is -0.378 e. The van der Waals surface area contributed by atoms with E-state index in [0.717, 1.165) is 12.1 Å². The second-order valence-corrected chi connectivity index (χ2v) is 7.55. The first-order chi connectivity index (χ1) is 14.3. The molecule has 6 nitrogen and oxygen atoms in total. The normalized spacial score (nSPS) is 22.3. The minimum absolute atomic E-state index is 0.0857. The summed E-state index contributed by atoms with van der Waals surface area (Å²) in [4.78, 5) is 17.4. The Morgan fingerprint density at radius 3 is 2.52 bits per heavy atom. The molecular formula is C23H23N3O3. The van der Waals surface area contributed by atoms with Gasteiger partial charge in [-0.15, -0.1) is 0 Å². The number of fused-ring (bicyclic) bond motifs is 1. The maximum atomic E-state index is 13.0. The van der Waals surface area contributed by atoms with E-state index in [2.05, 4.69) is 34.3 Å². The van der Waals surface area contributed by atoms with Crippen molar-refractivity contribution in [3.63, 3.8) is 0 Å². The van der Waals surface area contributed by atoms with Gasteiger partial charge in [0.25, 0.3) is 5.91 Å². The van der Waals surface area contributed by atoms with Crippen LogP contribution >= 0.6 is 0 Å². The molecule has 0 saturated carbocycles. The maximum absolute atomic E-state index is 13.0. The number of aromatic nitrogens is 1. The summed E-state index contributed by atoms with van der Waals surface area (Å²) in [6.07, 6.45) is 0. The van der Waals surface area contributed by atoms with Crippen molar-refractivity contribution in [1.82, 2.24) is 15.0 Å². The van der Waals surface area contributed by atoms with Gasteiger partial charge in [0.05, 0.1) is 25.3 Å². The van der Waals surface area contributed by atoms with Gasteiger partial charge in [-0.05, 0) is 5.56 Å². The number of rotatable bonds is 3. The van der Waals surface area contributed by atoms with E-state index in [4.69, 9.17) is 9.26 Å². The highest BCUT2D eigenvalue weighted by molar-refractivity contribution is 5.93. The first-order valence-electron chi connectivity index (χ1n) is 9.99. The molecule has 1 aromatic heterocycles. The topological polar surface area (TPSA) is 58.8 Å². The van der Waals surface area contributed by atoms with Crippen LogP contribution in [-0.4, -0.2) is 59.8 Å². The molecule has 2 aliphatic rings. The van der Waals surface area contributed by atoms with E-state index in [9.17, 15) is 4.79 Å². The van der Waals surface area contributed by atoms with Crippen LogP contribution in [0.15, 0.2) is 71.3 Å². The number of amides is 1. The van der Waals surface area contributed by atoms with Crippen molar-refractivity contribution in [2.24, 2.45) is 0 Å². The maximum Gasteiger partial charge on any atom is 0.276 e. The van der Waals surface area contributed by atoms with Crippen LogP contribution in [0.25, 0.3) is 11.3 Å². The van der Waals surface area contributed by atoms with E-state index in [1.807, 2.05) is 41.3 Å². The summed E-state index contributed by atoms with van der Waals surface area (Å²) >= 11 is 0. The van der Waals surface area contributed by atoms with Gasteiger partial charge >= 0.3 is 0 Å². The fraction of sp³-hybridized carbons (Fsp3) is 0.304. The first kappa shape index (κ1) is 18.1. The van der Waals surface area contributed by atoms with E-state index in [0.29, 0.717) is 37.8 Å². The molecule has 2 aliphatic heterocycles. The standard InChI is InChI=1S/C23H23N3O3/c27-23(20-13-22(29-24-20)18-9-5-2-6-10-18)25-11-12-26-19(14-25)15-28-16-21(26)17-7-3-1-4-8-17/h1-10,13,19,21H,11-12,14-16H2/t19-,21-/m1/s1. The Kier molecular flexibility index (Phi) is 4.87. The molecule has 2 aromatic carbocycles. The second-order valence-electron chi connectivity index (χ2n) is 7.55. The molecule has 148 valence electrons. The lowest BCUT2D eigenvalue weighted by atomic mass is 10.00. The van der Waals surface area contributed by atoms with Crippen LogP contribution in [0.1, 0.15) is 22.1 Å². The number of ether oxygens (including phenoxy) is 1. The monoisotopic (exact) mass is 389 g/mol. The van der Waals surface area contributed by atoms with Crippen LogP contribution in [0, 0.1) is 0 Å². The minimum atomic E-state index is -0.0857. The Balaban J connectivity index is 1.30. The molecule has 3 aromatic rings. The van der Waals surface area contributed by atoms with Crippen LogP contribution in [0.5, 0.6) is 0 Å². The number of benzene rings is 2. The molecule has 0 spiro atoms. The van der Waals surface area contributed by atoms with Crippen LogP contribution in [-0.2, 0) is 4.74 Å². The number of piperazine rings is 1. The lowest BCUT2D eigenvalue weighted by Crippen LogP contribution is -2.60. The van der Waals surface area contributed by atoms with Crippen molar-refractivity contribution in [2.75, 3.05) is 32.8 Å². The molecule has 2 saturated heterocycles. The lowest BCUT2D eigenvalue weighted by molar-refractivity contribution is -0.0771. The molecule has 1 amide bonds. The number of carbonyl (C=O) groups excluding carboxylic acids is 1. The number of hydrogen-bond acceptors (Lipinski definition) is 5. The molecule has 0 unspecified atom stereocenters. The molecule has 0 aliphatic carbocycles. The lowest BCUT2D eigenvalue weighted by Gasteiger charge is -2.47. The second kappa shape index (κ2) is 7.81. The van der Waals surface area contributed by atoms with Crippen molar-refractivity contribution in [1.29, 1.82) is 0 Å². The average molecular weight is 389 g/mol. The van der Waals surface area contributed by atoms with E-state index < -0.39 is 0 Å². The molecule has 2 atom stereocenters. The van der Waals surface area contributed by atoms with Crippen molar-refractivity contribution in [3.05, 3.63) is 78.0 Å². The Morgan fingerprint density at radius 1 is 0.966 bits per heavy atom. The molecule has 5 rings (SSSR count). The quantitative estimate of drug-likeness (QED) is 0.688. The Labute approximate surface area is 169 Å². The Morgan fingerprint density at radius 2 is 1.72 bits per heavy atom. The van der Waals surface area contributed by atoms with Crippen molar-refractivity contribution >= 4 is 5.91 Å². The van der Waals surface area contributed by atoms with Gasteiger partial charge < -0.3 is 14.2 Å². The fourth-order valence-electron chi connectivity index (χ4n) is 4.26. The highest BCUT2D eigenvalue weighted by Gasteiger charge is 2.38. The van der Waals surface area contributed by atoms with Crippen LogP contribution < -0.4 is 0 Å². The average Bonchev–Trinajstić information content (AvgIpc) is 3.29. The summed E-state index contributed by atoms with van der Waals surface area (Å²) in [6, 6.07) is 22.3. The van der Waals surface area contributed by atoms with Gasteiger partial charge in [0.15, 0.2) is 11.5 Å². The Bertz CT molecular complexity index is 973. The van der Waals surface area contributed by atoms with Gasteiger partial charge in [0.1, 0.15) is 0 Å². The van der Waals surface area contributed by atoms with Crippen LogP contribution in [0.3, 0.4) is 0 Å². The van der Waals surface area contributed by atoms with E-state index >= 15 is 0 Å². The third kappa shape index (κ3) is 3.57. The van der Waals surface area contributed by atoms with Gasteiger partial charge in [-0.1, -0.05) is 65.8 Å². The van der Waals surface area contributed by atoms with Gasteiger partial charge in [0.2, 0.25) is 0 Å². The molecule has 6 heteroatoms. The summed E-state index contributed by atoms with van der Waals surface area (Å²) in [5.41, 5.74) is 2.53. The van der Waals surface area contributed by atoms with E-state index in [1.54, 1.807) is 6.07 Å². The zero-order chi connectivity index (χ0) is 19.6. The third-order valence-corrected chi connectivity index (χ3v) is 5.77. The smallest absolute Gasteiger partial charge is 0.276 e. The molecule has 2 fully saturated rings. The molecule has 3 heterocycles. The molecule has 0 radical (unpaired) electrons. The highest BCUT2D eigenvalue weighted by atomic mass is 16.5. The van der Waals surface area contributed by atoms with Gasteiger partial charge in [-0.2, -0.15) is 0 Å². The van der Waals surface area contributed by atoms with Gasteiger partial charge in [-0.25, -0.2) is 0 Å². The largest absolute Gasteiger partial charge is 0.378 e.